The van der Waals surface area contributed by atoms with Crippen LogP contribution in [0.4, 0.5) is 5.82 Å². The van der Waals surface area contributed by atoms with Gasteiger partial charge >= 0.3 is 0 Å². The lowest BCUT2D eigenvalue weighted by Gasteiger charge is -2.14. The number of hydrogen-bond acceptors (Lipinski definition) is 8. The summed E-state index contributed by atoms with van der Waals surface area (Å²) in [5, 5.41) is 19.7. The first-order valence-corrected chi connectivity index (χ1v) is 8.69. The predicted molar refractivity (Wildman–Crippen MR) is 87.0 cm³/mol. The number of nitrogen functional groups attached to an aromatic ring is 1. The molecule has 8 nitrogen and oxygen atoms in total. The number of nitrogens with zero attached hydrogens (tertiary/aromatic N) is 4. The van der Waals surface area contributed by atoms with Crippen molar-refractivity contribution in [3.05, 3.63) is 6.33 Å². The van der Waals surface area contributed by atoms with Gasteiger partial charge < -0.3 is 20.7 Å². The molecule has 1 aliphatic heterocycles. The molecule has 3 atom stereocenters. The molecule has 1 saturated heterocycles. The molecule has 0 aliphatic carbocycles. The normalized spacial score (nSPS) is 24.6. The molecule has 2 aromatic heterocycles. The van der Waals surface area contributed by atoms with Crippen LogP contribution in [0.1, 0.15) is 32.4 Å². The highest BCUT2D eigenvalue weighted by molar-refractivity contribution is 7.99. The van der Waals surface area contributed by atoms with Crippen LogP contribution < -0.4 is 5.73 Å². The lowest BCUT2D eigenvalue weighted by molar-refractivity contribution is -0.0432. The third-order valence-corrected chi connectivity index (χ3v) is 4.78. The number of ether oxygens (including phenoxy) is 1. The summed E-state index contributed by atoms with van der Waals surface area (Å²) in [6.07, 6.45) is 2.44. The molecule has 4 N–H and O–H groups in total. The Morgan fingerprint density at radius 3 is 3.00 bits per heavy atom. The van der Waals surface area contributed by atoms with Crippen molar-refractivity contribution < 1.29 is 14.9 Å². The number of anilines is 1. The lowest BCUT2D eigenvalue weighted by Crippen LogP contribution is -2.24. The molecule has 3 heterocycles. The Morgan fingerprint density at radius 1 is 1.48 bits per heavy atom. The van der Waals surface area contributed by atoms with E-state index in [9.17, 15) is 10.2 Å². The third-order valence-electron chi connectivity index (χ3n) is 3.85. The maximum atomic E-state index is 9.90. The quantitative estimate of drug-likeness (QED) is 0.404. The van der Waals surface area contributed by atoms with E-state index in [0.717, 1.165) is 18.6 Å². The zero-order valence-electron chi connectivity index (χ0n) is 12.9. The minimum absolute atomic E-state index is 0.223. The predicted octanol–water partition coefficient (Wildman–Crippen LogP) is 0.941. The number of aliphatic hydroxyl groups is 2. The summed E-state index contributed by atoms with van der Waals surface area (Å²) < 4.78 is 7.41. The zero-order chi connectivity index (χ0) is 16.4. The molecule has 0 radical (unpaired) electrons. The first-order valence-electron chi connectivity index (χ1n) is 7.71. The second kappa shape index (κ2) is 7.00. The summed E-state index contributed by atoms with van der Waals surface area (Å²) in [5.41, 5.74) is 7.10. The average Bonchev–Trinajstić information content (AvgIpc) is 3.11. The smallest absolute Gasteiger partial charge is 0.191 e. The fourth-order valence-electron chi connectivity index (χ4n) is 2.55. The first kappa shape index (κ1) is 16.4. The summed E-state index contributed by atoms with van der Waals surface area (Å²) in [5.74, 6) is 1.27. The SMILES string of the molecule is CCCCSc1nc(N)c2ncn([C@H]3C[C@H](O)[C@@H](CO)O3)c2n1. The van der Waals surface area contributed by atoms with E-state index in [1.807, 2.05) is 0 Å². The van der Waals surface area contributed by atoms with Gasteiger partial charge in [0, 0.05) is 12.2 Å². The fraction of sp³-hybridized carbons (Fsp3) is 0.643. The molecule has 9 heteroatoms. The maximum absolute atomic E-state index is 9.90. The highest BCUT2D eigenvalue weighted by Gasteiger charge is 2.35. The Morgan fingerprint density at radius 2 is 2.30 bits per heavy atom. The van der Waals surface area contributed by atoms with Gasteiger partial charge in [0.25, 0.3) is 0 Å². The molecular formula is C14H21N5O3S. The van der Waals surface area contributed by atoms with Crippen LogP contribution in [0.15, 0.2) is 11.5 Å². The molecule has 0 saturated carbocycles. The van der Waals surface area contributed by atoms with Crippen LogP contribution in [0.2, 0.25) is 0 Å². The van der Waals surface area contributed by atoms with Crippen LogP contribution in [-0.2, 0) is 4.74 Å². The number of unbranched alkanes of at least 4 members (excludes halogenated alkanes) is 1. The average molecular weight is 339 g/mol. The number of nitrogens with two attached hydrogens (primary N) is 1. The molecule has 2 aromatic rings. The summed E-state index contributed by atoms with van der Waals surface area (Å²) >= 11 is 1.56. The highest BCUT2D eigenvalue weighted by Crippen LogP contribution is 2.32. The molecule has 0 unspecified atom stereocenters. The van der Waals surface area contributed by atoms with Crippen LogP contribution in [0.5, 0.6) is 0 Å². The monoisotopic (exact) mass is 339 g/mol. The van der Waals surface area contributed by atoms with Crippen LogP contribution in [0.25, 0.3) is 11.2 Å². The molecule has 0 spiro atoms. The number of hydrogen-bond donors (Lipinski definition) is 3. The van der Waals surface area contributed by atoms with Gasteiger partial charge in [-0.05, 0) is 6.42 Å². The summed E-state index contributed by atoms with van der Waals surface area (Å²) in [6, 6.07) is 0. The second-order valence-corrected chi connectivity index (χ2v) is 6.59. The summed E-state index contributed by atoms with van der Waals surface area (Å²) in [4.78, 5) is 13.1. The molecule has 126 valence electrons. The Hall–Kier alpha value is -1.42. The van der Waals surface area contributed by atoms with Crippen molar-refractivity contribution >= 4 is 28.7 Å². The molecule has 23 heavy (non-hydrogen) atoms. The van der Waals surface area contributed by atoms with Gasteiger partial charge in [0.15, 0.2) is 16.6 Å². The number of imidazole rings is 1. The van der Waals surface area contributed by atoms with Crippen molar-refractivity contribution in [1.29, 1.82) is 0 Å². The van der Waals surface area contributed by atoms with Crippen molar-refractivity contribution in [3.8, 4) is 0 Å². The standard InChI is InChI=1S/C14H21N5O3S/c1-2-3-4-23-14-17-12(15)11-13(18-14)19(7-16-11)10-5-8(21)9(6-20)22-10/h7-10,20-21H,2-6H2,1H3,(H2,15,17,18)/t8-,9+,10+/m0/s1. The molecule has 1 aliphatic rings. The van der Waals surface area contributed by atoms with E-state index in [1.54, 1.807) is 22.7 Å². The summed E-state index contributed by atoms with van der Waals surface area (Å²) in [7, 11) is 0. The molecule has 0 bridgehead atoms. The van der Waals surface area contributed by atoms with Crippen LogP contribution in [-0.4, -0.2) is 54.3 Å². The number of fused-ring (bicyclic) bond motifs is 1. The first-order chi connectivity index (χ1) is 11.1. The van der Waals surface area contributed by atoms with Crippen molar-refractivity contribution in [2.75, 3.05) is 18.1 Å². The van der Waals surface area contributed by atoms with Crippen LogP contribution in [0, 0.1) is 0 Å². The van der Waals surface area contributed by atoms with Gasteiger partial charge in [-0.2, -0.15) is 0 Å². The van der Waals surface area contributed by atoms with Gasteiger partial charge in [0.1, 0.15) is 17.8 Å². The minimum Gasteiger partial charge on any atom is -0.394 e. The Balaban J connectivity index is 1.89. The van der Waals surface area contributed by atoms with Crippen molar-refractivity contribution in [2.45, 2.75) is 49.8 Å². The fourth-order valence-corrected chi connectivity index (χ4v) is 3.48. The Bertz CT molecular complexity index is 680. The molecule has 1 fully saturated rings. The van der Waals surface area contributed by atoms with E-state index in [4.69, 9.17) is 10.5 Å². The zero-order valence-corrected chi connectivity index (χ0v) is 13.7. The van der Waals surface area contributed by atoms with Gasteiger partial charge in [0.2, 0.25) is 0 Å². The van der Waals surface area contributed by atoms with Gasteiger partial charge in [-0.1, -0.05) is 25.1 Å². The van der Waals surface area contributed by atoms with E-state index in [0.29, 0.717) is 28.6 Å². The second-order valence-electron chi connectivity index (χ2n) is 5.53. The lowest BCUT2D eigenvalue weighted by atomic mass is 10.2. The van der Waals surface area contributed by atoms with Crippen molar-refractivity contribution in [2.24, 2.45) is 0 Å². The number of rotatable bonds is 6. The number of aliphatic hydroxyl groups excluding tert-OH is 2. The van der Waals surface area contributed by atoms with Crippen molar-refractivity contribution in [3.63, 3.8) is 0 Å². The molecule has 3 rings (SSSR count). The largest absolute Gasteiger partial charge is 0.394 e. The van der Waals surface area contributed by atoms with E-state index < -0.39 is 18.4 Å². The van der Waals surface area contributed by atoms with Gasteiger partial charge in [0.05, 0.1) is 19.0 Å². The maximum Gasteiger partial charge on any atom is 0.191 e. The third kappa shape index (κ3) is 3.27. The van der Waals surface area contributed by atoms with Gasteiger partial charge in [-0.15, -0.1) is 0 Å². The molecule has 0 amide bonds. The highest BCUT2D eigenvalue weighted by atomic mass is 32.2. The van der Waals surface area contributed by atoms with Crippen LogP contribution in [0.3, 0.4) is 0 Å². The van der Waals surface area contributed by atoms with E-state index in [2.05, 4.69) is 21.9 Å². The van der Waals surface area contributed by atoms with Crippen molar-refractivity contribution in [1.82, 2.24) is 19.5 Å². The van der Waals surface area contributed by atoms with Gasteiger partial charge in [-0.3, -0.25) is 4.57 Å². The molecular weight excluding hydrogens is 318 g/mol. The summed E-state index contributed by atoms with van der Waals surface area (Å²) in [6.45, 7) is 1.91. The number of aromatic nitrogens is 4. The van der Waals surface area contributed by atoms with E-state index in [-0.39, 0.29) is 6.61 Å². The van der Waals surface area contributed by atoms with Gasteiger partial charge in [-0.25, -0.2) is 15.0 Å². The Labute approximate surface area is 138 Å². The Kier molecular flexibility index (Phi) is 5.00. The van der Waals surface area contributed by atoms with E-state index in [1.165, 1.54) is 0 Å². The number of thioether (sulfide) groups is 1. The van der Waals surface area contributed by atoms with E-state index >= 15 is 0 Å². The van der Waals surface area contributed by atoms with Crippen LogP contribution >= 0.6 is 11.8 Å². The topological polar surface area (TPSA) is 119 Å². The molecule has 0 aromatic carbocycles. The minimum atomic E-state index is -0.708.